The standard InChI is InChI=1S/C21H18ClN3O/c1-13-21(14(2)26-25-13)20-11-19(17-8-3-4-9-18(17)24-20)23-12-15-6-5-7-16(22)10-15/h3-11H,12H2,1-2H3,(H,23,24). The van der Waals surface area contributed by atoms with E-state index in [1.807, 2.05) is 50.2 Å². The molecule has 26 heavy (non-hydrogen) atoms. The molecule has 0 aliphatic rings. The molecule has 2 heterocycles. The van der Waals surface area contributed by atoms with Crippen molar-refractivity contribution in [2.24, 2.45) is 0 Å². The summed E-state index contributed by atoms with van der Waals surface area (Å²) in [6.45, 7) is 4.52. The summed E-state index contributed by atoms with van der Waals surface area (Å²) in [4.78, 5) is 4.81. The van der Waals surface area contributed by atoms with Gasteiger partial charge in [0.25, 0.3) is 0 Å². The molecule has 2 aromatic carbocycles. The fourth-order valence-electron chi connectivity index (χ4n) is 3.14. The number of aromatic nitrogens is 2. The van der Waals surface area contributed by atoms with Gasteiger partial charge in [0.05, 0.1) is 22.5 Å². The Balaban J connectivity index is 1.77. The first kappa shape index (κ1) is 16.6. The smallest absolute Gasteiger partial charge is 0.143 e. The van der Waals surface area contributed by atoms with Crippen LogP contribution in [0.1, 0.15) is 17.0 Å². The number of fused-ring (bicyclic) bond motifs is 1. The van der Waals surface area contributed by atoms with E-state index in [1.54, 1.807) is 0 Å². The third kappa shape index (κ3) is 3.16. The van der Waals surface area contributed by atoms with Crippen LogP contribution in [0.3, 0.4) is 0 Å². The van der Waals surface area contributed by atoms with Crippen LogP contribution in [0.15, 0.2) is 59.1 Å². The number of halogens is 1. The van der Waals surface area contributed by atoms with E-state index < -0.39 is 0 Å². The van der Waals surface area contributed by atoms with Crippen LogP contribution in [0.2, 0.25) is 5.02 Å². The van der Waals surface area contributed by atoms with Gasteiger partial charge in [-0.25, -0.2) is 4.98 Å². The number of pyridine rings is 1. The summed E-state index contributed by atoms with van der Waals surface area (Å²) >= 11 is 6.09. The van der Waals surface area contributed by atoms with Gasteiger partial charge < -0.3 is 9.84 Å². The van der Waals surface area contributed by atoms with Crippen LogP contribution in [0, 0.1) is 13.8 Å². The van der Waals surface area contributed by atoms with E-state index in [0.717, 1.165) is 49.9 Å². The third-order valence-electron chi connectivity index (χ3n) is 4.38. The van der Waals surface area contributed by atoms with Gasteiger partial charge in [-0.05, 0) is 43.7 Å². The molecule has 0 bridgehead atoms. The molecule has 0 saturated heterocycles. The van der Waals surface area contributed by atoms with E-state index in [0.29, 0.717) is 6.54 Å². The number of hydrogen-bond donors (Lipinski definition) is 1. The van der Waals surface area contributed by atoms with E-state index in [2.05, 4.69) is 28.7 Å². The summed E-state index contributed by atoms with van der Waals surface area (Å²) < 4.78 is 5.32. The summed E-state index contributed by atoms with van der Waals surface area (Å²) in [6.07, 6.45) is 0. The molecule has 0 atom stereocenters. The van der Waals surface area contributed by atoms with E-state index in [9.17, 15) is 0 Å². The molecule has 0 aliphatic heterocycles. The fourth-order valence-corrected chi connectivity index (χ4v) is 3.36. The lowest BCUT2D eigenvalue weighted by Gasteiger charge is -2.12. The lowest BCUT2D eigenvalue weighted by molar-refractivity contribution is 0.393. The first-order valence-corrected chi connectivity index (χ1v) is 8.81. The molecule has 0 spiro atoms. The molecule has 0 aliphatic carbocycles. The zero-order valence-electron chi connectivity index (χ0n) is 14.6. The minimum atomic E-state index is 0.676. The Morgan fingerprint density at radius 1 is 1.04 bits per heavy atom. The molecule has 4 nitrogen and oxygen atoms in total. The SMILES string of the molecule is Cc1noc(C)c1-c1cc(NCc2cccc(Cl)c2)c2ccccc2n1. The number of nitrogens with one attached hydrogen (secondary N) is 1. The molecule has 4 aromatic rings. The van der Waals surface area contributed by atoms with Gasteiger partial charge in [-0.1, -0.05) is 47.1 Å². The van der Waals surface area contributed by atoms with E-state index in [-0.39, 0.29) is 0 Å². The van der Waals surface area contributed by atoms with Crippen molar-refractivity contribution >= 4 is 28.2 Å². The van der Waals surface area contributed by atoms with Gasteiger partial charge in [0.15, 0.2) is 0 Å². The normalized spacial score (nSPS) is 11.0. The fraction of sp³-hybridized carbons (Fsp3) is 0.143. The Bertz CT molecular complexity index is 1070. The topological polar surface area (TPSA) is 51.0 Å². The molecule has 0 amide bonds. The minimum absolute atomic E-state index is 0.676. The number of rotatable bonds is 4. The number of benzene rings is 2. The van der Waals surface area contributed by atoms with E-state index in [1.165, 1.54) is 0 Å². The minimum Gasteiger partial charge on any atom is -0.380 e. The zero-order valence-corrected chi connectivity index (χ0v) is 15.3. The number of para-hydroxylation sites is 1. The molecule has 130 valence electrons. The molecule has 0 radical (unpaired) electrons. The Morgan fingerprint density at radius 2 is 1.88 bits per heavy atom. The number of aryl methyl sites for hydroxylation is 2. The largest absolute Gasteiger partial charge is 0.380 e. The number of hydrogen-bond acceptors (Lipinski definition) is 4. The molecule has 5 heteroatoms. The van der Waals surface area contributed by atoms with Gasteiger partial charge in [-0.2, -0.15) is 0 Å². The molecule has 0 fully saturated rings. The maximum absolute atomic E-state index is 6.09. The number of nitrogens with zero attached hydrogens (tertiary/aromatic N) is 2. The van der Waals surface area contributed by atoms with Gasteiger partial charge in [-0.3, -0.25) is 0 Å². The Morgan fingerprint density at radius 3 is 2.65 bits per heavy atom. The third-order valence-corrected chi connectivity index (χ3v) is 4.61. The summed E-state index contributed by atoms with van der Waals surface area (Å²) in [7, 11) is 0. The predicted molar refractivity (Wildman–Crippen MR) is 105 cm³/mol. The second-order valence-corrected chi connectivity index (χ2v) is 6.69. The maximum atomic E-state index is 6.09. The van der Waals surface area contributed by atoms with Crippen molar-refractivity contribution in [2.45, 2.75) is 20.4 Å². The van der Waals surface area contributed by atoms with Crippen molar-refractivity contribution in [2.75, 3.05) is 5.32 Å². The van der Waals surface area contributed by atoms with Crippen LogP contribution in [0.5, 0.6) is 0 Å². The average molecular weight is 364 g/mol. The van der Waals surface area contributed by atoms with Crippen molar-refractivity contribution in [1.82, 2.24) is 10.1 Å². The van der Waals surface area contributed by atoms with Gasteiger partial charge in [0.1, 0.15) is 5.76 Å². The highest BCUT2D eigenvalue weighted by Crippen LogP contribution is 2.32. The average Bonchev–Trinajstić information content (AvgIpc) is 2.98. The van der Waals surface area contributed by atoms with Crippen LogP contribution < -0.4 is 5.32 Å². The molecule has 4 rings (SSSR count). The van der Waals surface area contributed by atoms with Crippen LogP contribution >= 0.6 is 11.6 Å². The van der Waals surface area contributed by atoms with Crippen molar-refractivity contribution in [1.29, 1.82) is 0 Å². The monoisotopic (exact) mass is 363 g/mol. The summed E-state index contributed by atoms with van der Waals surface area (Å²) in [6, 6.07) is 18.0. The highest BCUT2D eigenvalue weighted by Gasteiger charge is 2.15. The van der Waals surface area contributed by atoms with Crippen molar-refractivity contribution in [3.05, 3.63) is 76.6 Å². The lowest BCUT2D eigenvalue weighted by Crippen LogP contribution is -2.01. The van der Waals surface area contributed by atoms with E-state index >= 15 is 0 Å². The molecule has 0 unspecified atom stereocenters. The predicted octanol–water partition coefficient (Wildman–Crippen LogP) is 5.77. The van der Waals surface area contributed by atoms with Crippen molar-refractivity contribution in [3.8, 4) is 11.3 Å². The summed E-state index contributed by atoms with van der Waals surface area (Å²) in [5, 5.41) is 9.39. The quantitative estimate of drug-likeness (QED) is 0.500. The Kier molecular flexibility index (Phi) is 4.35. The Hall–Kier alpha value is -2.85. The summed E-state index contributed by atoms with van der Waals surface area (Å²) in [5.41, 5.74) is 5.71. The first-order chi connectivity index (χ1) is 12.6. The zero-order chi connectivity index (χ0) is 18.1. The highest BCUT2D eigenvalue weighted by molar-refractivity contribution is 6.30. The summed E-state index contributed by atoms with van der Waals surface area (Å²) in [5.74, 6) is 0.770. The highest BCUT2D eigenvalue weighted by atomic mass is 35.5. The van der Waals surface area contributed by atoms with Crippen LogP contribution in [-0.4, -0.2) is 10.1 Å². The second kappa shape index (κ2) is 6.81. The molecular weight excluding hydrogens is 346 g/mol. The van der Waals surface area contributed by atoms with Gasteiger partial charge in [0.2, 0.25) is 0 Å². The van der Waals surface area contributed by atoms with Crippen LogP contribution in [0.4, 0.5) is 5.69 Å². The second-order valence-electron chi connectivity index (χ2n) is 6.25. The Labute approximate surface area is 156 Å². The van der Waals surface area contributed by atoms with Gasteiger partial charge in [-0.15, -0.1) is 0 Å². The maximum Gasteiger partial charge on any atom is 0.143 e. The number of anilines is 1. The van der Waals surface area contributed by atoms with Crippen LogP contribution in [-0.2, 0) is 6.54 Å². The molecule has 1 N–H and O–H groups in total. The lowest BCUT2D eigenvalue weighted by atomic mass is 10.1. The molecule has 2 aromatic heterocycles. The molecular formula is C21H18ClN3O. The van der Waals surface area contributed by atoms with Crippen molar-refractivity contribution in [3.63, 3.8) is 0 Å². The first-order valence-electron chi connectivity index (χ1n) is 8.43. The van der Waals surface area contributed by atoms with E-state index in [4.69, 9.17) is 21.1 Å². The molecule has 0 saturated carbocycles. The van der Waals surface area contributed by atoms with Crippen molar-refractivity contribution < 1.29 is 4.52 Å². The van der Waals surface area contributed by atoms with Crippen LogP contribution in [0.25, 0.3) is 22.2 Å². The van der Waals surface area contributed by atoms with Gasteiger partial charge >= 0.3 is 0 Å². The van der Waals surface area contributed by atoms with Gasteiger partial charge in [0, 0.05) is 22.6 Å².